The molecule has 338 valence electrons. The van der Waals surface area contributed by atoms with Crippen LogP contribution in [-0.4, -0.2) is 135 Å². The second kappa shape index (κ2) is 21.0. The number of aromatic hydroxyl groups is 1. The Kier molecular flexibility index (Phi) is 17.1. The number of benzene rings is 1. The number of anilines is 1. The van der Waals surface area contributed by atoms with E-state index in [-0.39, 0.29) is 58.9 Å². The van der Waals surface area contributed by atoms with E-state index >= 15 is 0 Å². The number of nitrogens with two attached hydrogens (primary N) is 1. The zero-order valence-electron chi connectivity index (χ0n) is 32.3. The Morgan fingerprint density at radius 3 is 2.46 bits per heavy atom. The van der Waals surface area contributed by atoms with Gasteiger partial charge in [0.15, 0.2) is 29.2 Å². The number of fused-ring (bicyclic) bond motifs is 1. The summed E-state index contributed by atoms with van der Waals surface area (Å²) < 4.78 is 67.2. The molecule has 0 saturated carbocycles. The van der Waals surface area contributed by atoms with Gasteiger partial charge in [0.05, 0.1) is 26.7 Å². The number of carbonyl (C=O) groups excluding carboxylic acids is 3. The monoisotopic (exact) mass is 943 g/mol. The van der Waals surface area contributed by atoms with E-state index in [1.54, 1.807) is 12.1 Å². The molecule has 0 spiro atoms. The topological polar surface area (TPSA) is 393 Å². The van der Waals surface area contributed by atoms with Gasteiger partial charge in [-0.05, 0) is 23.8 Å². The summed E-state index contributed by atoms with van der Waals surface area (Å²) in [5.41, 5.74) is 4.84. The van der Waals surface area contributed by atoms with E-state index < -0.39 is 84.6 Å². The summed E-state index contributed by atoms with van der Waals surface area (Å²) >= 11 is 0.935. The summed E-state index contributed by atoms with van der Waals surface area (Å²) in [7, 11) is -15.1. The molecule has 1 aliphatic rings. The smallest absolute Gasteiger partial charge is 0.481 e. The molecule has 0 radical (unpaired) electrons. The summed E-state index contributed by atoms with van der Waals surface area (Å²) in [4.78, 5) is 88.0. The highest BCUT2D eigenvalue weighted by Gasteiger charge is 2.50. The third kappa shape index (κ3) is 14.6. The van der Waals surface area contributed by atoms with Crippen LogP contribution >= 0.6 is 35.2 Å². The number of aliphatic hydroxyl groups excluding tert-OH is 2. The molecule has 2 aromatic heterocycles. The molecule has 30 heteroatoms. The number of imidazole rings is 1. The van der Waals surface area contributed by atoms with Crippen molar-refractivity contribution in [2.75, 3.05) is 44.9 Å². The number of phenolic OH excluding ortho intramolecular Hbond substituents is 1. The van der Waals surface area contributed by atoms with E-state index in [0.29, 0.717) is 5.56 Å². The van der Waals surface area contributed by atoms with Crippen molar-refractivity contribution in [1.29, 1.82) is 0 Å². The van der Waals surface area contributed by atoms with E-state index in [1.807, 2.05) is 0 Å². The number of methoxy groups -OCH3 is 1. The number of nitrogens with one attached hydrogen (secondary N) is 2. The molecule has 0 bridgehead atoms. The molecule has 7 atom stereocenters. The predicted octanol–water partition coefficient (Wildman–Crippen LogP) is 0.0923. The van der Waals surface area contributed by atoms with Gasteiger partial charge in [0.2, 0.25) is 16.9 Å². The molecule has 1 fully saturated rings. The largest absolute Gasteiger partial charge is 0.504 e. The number of nitrogens with zero attached hydrogens (tertiary/aromatic N) is 4. The number of amides is 2. The highest BCUT2D eigenvalue weighted by atomic mass is 32.2. The summed E-state index contributed by atoms with van der Waals surface area (Å²) in [6.45, 7) is 0.299. The quantitative estimate of drug-likeness (QED) is 0.0362. The van der Waals surface area contributed by atoms with Crippen LogP contribution in [0.5, 0.6) is 11.5 Å². The molecule has 2 amide bonds. The van der Waals surface area contributed by atoms with Gasteiger partial charge < -0.3 is 60.7 Å². The van der Waals surface area contributed by atoms with Gasteiger partial charge in [-0.1, -0.05) is 37.8 Å². The zero-order chi connectivity index (χ0) is 45.3. The number of thioether (sulfide) groups is 1. The fourth-order valence-corrected chi connectivity index (χ4v) is 8.69. The molecule has 4 rings (SSSR count). The molecule has 61 heavy (non-hydrogen) atoms. The lowest BCUT2D eigenvalue weighted by Crippen LogP contribution is -2.46. The second-order valence-electron chi connectivity index (χ2n) is 13.5. The van der Waals surface area contributed by atoms with Crippen LogP contribution in [0.25, 0.3) is 17.2 Å². The van der Waals surface area contributed by atoms with Crippen LogP contribution in [0.2, 0.25) is 0 Å². The van der Waals surface area contributed by atoms with Crippen LogP contribution in [-0.2, 0) is 50.7 Å². The Labute approximate surface area is 350 Å². The van der Waals surface area contributed by atoms with E-state index in [2.05, 4.69) is 34.4 Å². The van der Waals surface area contributed by atoms with Gasteiger partial charge in [-0.25, -0.2) is 28.6 Å². The Bertz CT molecular complexity index is 2230. The maximum absolute atomic E-state index is 12.7. The van der Waals surface area contributed by atoms with Gasteiger partial charge in [0.1, 0.15) is 36.3 Å². The minimum atomic E-state index is -5.59. The lowest BCUT2D eigenvalue weighted by Gasteiger charge is -2.30. The first kappa shape index (κ1) is 49.8. The van der Waals surface area contributed by atoms with Crippen LogP contribution < -0.4 is 21.1 Å². The van der Waals surface area contributed by atoms with Crippen LogP contribution in [0.4, 0.5) is 5.82 Å². The number of hydrogen-bond donors (Lipinski definition) is 10. The number of phosphoric ester groups is 3. The first-order valence-corrected chi connectivity index (χ1v) is 23.0. The van der Waals surface area contributed by atoms with Crippen molar-refractivity contribution in [2.45, 2.75) is 50.9 Å². The second-order valence-corrected chi connectivity index (χ2v) is 18.8. The lowest BCUT2D eigenvalue weighted by molar-refractivity contribution is -0.137. The van der Waals surface area contributed by atoms with E-state index in [4.69, 9.17) is 24.3 Å². The SMILES string of the molecule is COc1cc(/C=C/C(=O)SCCNC(=O)CCNC(=O)C(O)C(C)(C)COP(=O)(O)OP(=O)(O)OC[C@H]2O[C@@H](n3cnc4c(N)ncnc43)[C@H](O)[C@@H]2OP(=O)(O)O)ccc1O. The molecule has 3 heterocycles. The number of phosphoric acid groups is 3. The molecule has 26 nitrogen and oxygen atoms in total. The number of nitrogen functional groups attached to an aromatic ring is 1. The number of aromatic nitrogens is 4. The predicted molar refractivity (Wildman–Crippen MR) is 211 cm³/mol. The normalized spacial score (nSPS) is 20.9. The van der Waals surface area contributed by atoms with Crippen molar-refractivity contribution in [3.63, 3.8) is 0 Å². The van der Waals surface area contributed by atoms with E-state index in [1.165, 1.54) is 39.2 Å². The summed E-state index contributed by atoms with van der Waals surface area (Å²) in [5, 5.41) is 35.7. The van der Waals surface area contributed by atoms with Crippen molar-refractivity contribution < 1.29 is 90.3 Å². The van der Waals surface area contributed by atoms with Gasteiger partial charge in [-0.2, -0.15) is 4.31 Å². The number of aliphatic hydroxyl groups is 2. The summed E-state index contributed by atoms with van der Waals surface area (Å²) in [6.07, 6.45) is -4.20. The molecule has 1 aromatic carbocycles. The number of phenols is 1. The molecule has 11 N–H and O–H groups in total. The third-order valence-corrected chi connectivity index (χ3v) is 12.3. The number of hydrogen-bond acceptors (Lipinski definition) is 20. The van der Waals surface area contributed by atoms with Crippen LogP contribution in [0.3, 0.4) is 0 Å². The molecular formula is C31H44N7O19P3S. The highest BCUT2D eigenvalue weighted by Crippen LogP contribution is 2.61. The standard InChI is InChI=1S/C31H44N7O19P3S/c1-31(2,26(43)29(44)34-9-8-21(40)33-10-11-61-22(41)7-5-17-4-6-18(39)19(12-17)52-3)14-54-60(50,51)57-59(48,49)53-13-20-25(56-58(45,46)47)24(42)30(55-20)38-16-37-23-27(32)35-15-36-28(23)38/h4-7,12,15-16,20,24-26,30,39,42-43H,8-11,13-14H2,1-3H3,(H,33,40)(H,34,44)(H,48,49)(H,50,51)(H2,32,35,36)(H2,45,46,47)/b7-5+/t20-,24-,25-,26?,30-/m1/s1. The molecule has 3 unspecified atom stereocenters. The maximum atomic E-state index is 12.7. The fraction of sp³-hybridized carbons (Fsp3) is 0.484. The van der Waals surface area contributed by atoms with Crippen molar-refractivity contribution >= 4 is 75.2 Å². The zero-order valence-corrected chi connectivity index (χ0v) is 35.8. The van der Waals surface area contributed by atoms with Gasteiger partial charge in [0, 0.05) is 30.7 Å². The van der Waals surface area contributed by atoms with Gasteiger partial charge in [-0.3, -0.25) is 32.5 Å². The maximum Gasteiger partial charge on any atom is 0.481 e. The Balaban J connectivity index is 1.20. The molecule has 0 aliphatic carbocycles. The highest BCUT2D eigenvalue weighted by molar-refractivity contribution is 8.14. The average molecular weight is 944 g/mol. The van der Waals surface area contributed by atoms with Crippen LogP contribution in [0.15, 0.2) is 36.9 Å². The van der Waals surface area contributed by atoms with E-state index in [9.17, 15) is 63.0 Å². The number of rotatable bonds is 22. The first-order chi connectivity index (χ1) is 28.4. The Hall–Kier alpha value is -3.88. The number of carbonyl (C=O) groups is 3. The minimum absolute atomic E-state index is 0.0223. The van der Waals surface area contributed by atoms with Gasteiger partial charge in [-0.15, -0.1) is 0 Å². The molecule has 1 saturated heterocycles. The summed E-state index contributed by atoms with van der Waals surface area (Å²) in [6, 6.07) is 4.56. The Morgan fingerprint density at radius 1 is 1.07 bits per heavy atom. The van der Waals surface area contributed by atoms with E-state index in [0.717, 1.165) is 29.0 Å². The van der Waals surface area contributed by atoms with Crippen LogP contribution in [0.1, 0.15) is 32.1 Å². The first-order valence-electron chi connectivity index (χ1n) is 17.5. The van der Waals surface area contributed by atoms with Crippen molar-refractivity contribution in [1.82, 2.24) is 30.2 Å². The lowest BCUT2D eigenvalue weighted by atomic mass is 9.87. The van der Waals surface area contributed by atoms with Crippen LogP contribution in [0, 0.1) is 5.41 Å². The minimum Gasteiger partial charge on any atom is -0.504 e. The fourth-order valence-electron chi connectivity index (χ4n) is 5.29. The van der Waals surface area contributed by atoms with Gasteiger partial charge >= 0.3 is 23.5 Å². The van der Waals surface area contributed by atoms with Crippen molar-refractivity contribution in [2.24, 2.45) is 5.41 Å². The van der Waals surface area contributed by atoms with Crippen molar-refractivity contribution in [3.8, 4) is 11.5 Å². The molecule has 1 aliphatic heterocycles. The average Bonchev–Trinajstić information content (AvgIpc) is 3.74. The van der Waals surface area contributed by atoms with Crippen molar-refractivity contribution in [3.05, 3.63) is 42.5 Å². The van der Waals surface area contributed by atoms with Gasteiger partial charge in [0.25, 0.3) is 0 Å². The molecular weight excluding hydrogens is 899 g/mol. The summed E-state index contributed by atoms with van der Waals surface area (Å²) in [5.74, 6) is -1.12. The Morgan fingerprint density at radius 2 is 1.77 bits per heavy atom. The molecule has 3 aromatic rings. The number of ether oxygens (including phenoxy) is 2. The third-order valence-electron chi connectivity index (χ3n) is 8.36.